The Morgan fingerprint density at radius 1 is 0.927 bits per heavy atom. The number of esters is 1. The Morgan fingerprint density at radius 3 is 2.27 bits per heavy atom. The molecule has 1 aliphatic heterocycles. The van der Waals surface area contributed by atoms with Crippen molar-refractivity contribution in [3.8, 4) is 0 Å². The van der Waals surface area contributed by atoms with Crippen LogP contribution in [-0.2, 0) is 23.8 Å². The summed E-state index contributed by atoms with van der Waals surface area (Å²) in [6, 6.07) is 0. The summed E-state index contributed by atoms with van der Waals surface area (Å²) >= 11 is 0. The topological polar surface area (TPSA) is 82.1 Å². The molecule has 1 saturated heterocycles. The highest BCUT2D eigenvalue weighted by molar-refractivity contribution is 5.77. The summed E-state index contributed by atoms with van der Waals surface area (Å²) in [4.78, 5) is 25.8. The van der Waals surface area contributed by atoms with Gasteiger partial charge in [-0.3, -0.25) is 9.59 Å². The molecule has 4 saturated carbocycles. The molecule has 0 aromatic heterocycles. The van der Waals surface area contributed by atoms with Crippen LogP contribution in [0.15, 0.2) is 11.6 Å². The molecule has 0 amide bonds. The lowest BCUT2D eigenvalue weighted by Gasteiger charge is -2.72. The van der Waals surface area contributed by atoms with Crippen molar-refractivity contribution >= 4 is 11.9 Å². The van der Waals surface area contributed by atoms with Crippen molar-refractivity contribution in [1.82, 2.24) is 0 Å². The molecule has 41 heavy (non-hydrogen) atoms. The zero-order chi connectivity index (χ0) is 29.7. The first-order valence-electron chi connectivity index (χ1n) is 16.5. The highest BCUT2D eigenvalue weighted by Crippen LogP contribution is 2.77. The Kier molecular flexibility index (Phi) is 6.73. The van der Waals surface area contributed by atoms with E-state index in [9.17, 15) is 14.7 Å². The van der Waals surface area contributed by atoms with Crippen LogP contribution in [0.4, 0.5) is 0 Å². The number of aliphatic carboxylic acids is 1. The largest absolute Gasteiger partial charge is 0.481 e. The van der Waals surface area contributed by atoms with Gasteiger partial charge in [-0.2, -0.15) is 0 Å². The van der Waals surface area contributed by atoms with Crippen molar-refractivity contribution in [1.29, 1.82) is 0 Å². The number of carbonyl (C=O) groups excluding carboxylic acids is 1. The van der Waals surface area contributed by atoms with Gasteiger partial charge < -0.3 is 19.3 Å². The van der Waals surface area contributed by atoms with Crippen LogP contribution in [0, 0.1) is 50.2 Å². The minimum Gasteiger partial charge on any atom is -0.481 e. The van der Waals surface area contributed by atoms with Crippen LogP contribution in [0.1, 0.15) is 119 Å². The molecule has 1 N–H and O–H groups in total. The average Bonchev–Trinajstić information content (AvgIpc) is 3.40. The fourth-order valence-corrected chi connectivity index (χ4v) is 11.9. The first kappa shape index (κ1) is 29.7. The highest BCUT2D eigenvalue weighted by Gasteiger charge is 2.73. The fourth-order valence-electron chi connectivity index (χ4n) is 11.9. The van der Waals surface area contributed by atoms with Crippen LogP contribution in [0.5, 0.6) is 0 Å². The lowest BCUT2D eigenvalue weighted by molar-refractivity contribution is -0.308. The second-order valence-electron chi connectivity index (χ2n) is 16.6. The van der Waals surface area contributed by atoms with Gasteiger partial charge in [-0.15, -0.1) is 0 Å². The zero-order valence-electron chi connectivity index (χ0n) is 26.7. The van der Waals surface area contributed by atoms with Gasteiger partial charge >= 0.3 is 11.9 Å². The SMILES string of the molecule is CCC(=O)OC[C@@]12CC[C@@]3(C(=O)O)CCC(C)(C)CC3C1=CCC1C2(C)CCC2C(C)(C)C3(CC[C@@]21C)OCCO3. The molecule has 1 spiro atoms. The van der Waals surface area contributed by atoms with E-state index < -0.39 is 17.2 Å². The van der Waals surface area contributed by atoms with Gasteiger partial charge in [-0.1, -0.05) is 60.1 Å². The quantitative estimate of drug-likeness (QED) is 0.278. The van der Waals surface area contributed by atoms with E-state index in [2.05, 4.69) is 47.6 Å². The fraction of sp³-hybridized carbons (Fsp3) is 0.886. The van der Waals surface area contributed by atoms with Gasteiger partial charge in [0.05, 0.1) is 18.6 Å². The monoisotopic (exact) mass is 570 g/mol. The first-order chi connectivity index (χ1) is 19.1. The van der Waals surface area contributed by atoms with E-state index in [1.54, 1.807) is 0 Å². The van der Waals surface area contributed by atoms with Gasteiger partial charge in [-0.05, 0) is 91.8 Å². The molecule has 5 fully saturated rings. The number of rotatable bonds is 4. The second-order valence-corrected chi connectivity index (χ2v) is 16.6. The van der Waals surface area contributed by atoms with Crippen molar-refractivity contribution in [3.63, 3.8) is 0 Å². The number of fused-ring (bicyclic) bond motifs is 7. The minimum absolute atomic E-state index is 0.00696. The van der Waals surface area contributed by atoms with Gasteiger partial charge in [0, 0.05) is 23.7 Å². The van der Waals surface area contributed by atoms with Crippen molar-refractivity contribution < 1.29 is 28.9 Å². The summed E-state index contributed by atoms with van der Waals surface area (Å²) in [6.07, 6.45) is 11.9. The molecule has 7 atom stereocenters. The number of hydrogen-bond acceptors (Lipinski definition) is 5. The second kappa shape index (κ2) is 9.30. The number of ether oxygens (including phenoxy) is 3. The zero-order valence-corrected chi connectivity index (χ0v) is 26.7. The molecule has 5 aliphatic carbocycles. The summed E-state index contributed by atoms with van der Waals surface area (Å²) in [6.45, 7) is 18.0. The third-order valence-electron chi connectivity index (χ3n) is 14.4. The molecule has 230 valence electrons. The molecule has 6 heteroatoms. The van der Waals surface area contributed by atoms with Crippen molar-refractivity contribution in [3.05, 3.63) is 11.6 Å². The van der Waals surface area contributed by atoms with Crippen LogP contribution in [0.25, 0.3) is 0 Å². The van der Waals surface area contributed by atoms with E-state index in [1.807, 2.05) is 6.92 Å². The maximum atomic E-state index is 13.1. The molecule has 0 aromatic carbocycles. The first-order valence-corrected chi connectivity index (χ1v) is 16.5. The lowest BCUT2D eigenvalue weighted by Crippen LogP contribution is -2.68. The van der Waals surface area contributed by atoms with Crippen molar-refractivity contribution in [2.75, 3.05) is 19.8 Å². The van der Waals surface area contributed by atoms with E-state index in [0.29, 0.717) is 44.5 Å². The normalized spacial score (nSPS) is 45.4. The Hall–Kier alpha value is -1.40. The van der Waals surface area contributed by atoms with Crippen LogP contribution < -0.4 is 0 Å². The predicted octanol–water partition coefficient (Wildman–Crippen LogP) is 7.55. The van der Waals surface area contributed by atoms with Crippen molar-refractivity contribution in [2.45, 2.75) is 125 Å². The van der Waals surface area contributed by atoms with E-state index in [0.717, 1.165) is 57.8 Å². The highest BCUT2D eigenvalue weighted by atomic mass is 16.7. The number of hydrogen-bond donors (Lipinski definition) is 1. The Labute approximate surface area is 247 Å². The maximum Gasteiger partial charge on any atom is 0.310 e. The third-order valence-corrected chi connectivity index (χ3v) is 14.4. The molecular weight excluding hydrogens is 516 g/mol. The van der Waals surface area contributed by atoms with Gasteiger partial charge in [-0.25, -0.2) is 0 Å². The van der Waals surface area contributed by atoms with E-state index >= 15 is 0 Å². The Morgan fingerprint density at radius 2 is 1.61 bits per heavy atom. The number of allylic oxidation sites excluding steroid dienone is 1. The third kappa shape index (κ3) is 3.80. The molecule has 6 nitrogen and oxygen atoms in total. The van der Waals surface area contributed by atoms with Gasteiger partial charge in [0.2, 0.25) is 0 Å². The smallest absolute Gasteiger partial charge is 0.310 e. The number of carbonyl (C=O) groups is 2. The molecule has 0 radical (unpaired) electrons. The molecule has 4 unspecified atom stereocenters. The number of carboxylic acid groups (broad SMARTS) is 1. The predicted molar refractivity (Wildman–Crippen MR) is 157 cm³/mol. The van der Waals surface area contributed by atoms with Crippen LogP contribution in [0.3, 0.4) is 0 Å². The van der Waals surface area contributed by atoms with Crippen LogP contribution in [0.2, 0.25) is 0 Å². The summed E-state index contributed by atoms with van der Waals surface area (Å²) in [5.74, 6) is -0.400. The average molecular weight is 571 g/mol. The van der Waals surface area contributed by atoms with Gasteiger partial charge in [0.15, 0.2) is 5.79 Å². The van der Waals surface area contributed by atoms with Gasteiger partial charge in [0.1, 0.15) is 6.61 Å². The van der Waals surface area contributed by atoms with Crippen molar-refractivity contribution in [2.24, 2.45) is 50.2 Å². The minimum atomic E-state index is -0.708. The molecule has 0 aromatic rings. The molecule has 6 rings (SSSR count). The number of carboxylic acids is 1. The summed E-state index contributed by atoms with van der Waals surface area (Å²) in [7, 11) is 0. The van der Waals surface area contributed by atoms with Crippen LogP contribution >= 0.6 is 0 Å². The molecule has 6 aliphatic rings. The molecular formula is C35H54O6. The van der Waals surface area contributed by atoms with E-state index in [-0.39, 0.29) is 39.0 Å². The maximum absolute atomic E-state index is 13.1. The van der Waals surface area contributed by atoms with Gasteiger partial charge in [0.25, 0.3) is 0 Å². The van der Waals surface area contributed by atoms with E-state index in [1.165, 1.54) is 5.57 Å². The summed E-state index contributed by atoms with van der Waals surface area (Å²) in [5.41, 5.74) is 0.276. The molecule has 1 heterocycles. The lowest BCUT2D eigenvalue weighted by atomic mass is 9.33. The Balaban J connectivity index is 1.46. The molecule has 0 bridgehead atoms. The summed E-state index contributed by atoms with van der Waals surface area (Å²) < 4.78 is 18.9. The van der Waals surface area contributed by atoms with Crippen LogP contribution in [-0.4, -0.2) is 42.7 Å². The standard InChI is InChI=1S/C35H54O6/c1-8-27(36)39-22-34-17-16-33(28(37)38)15-13-29(2,3)21-24(33)23(34)9-10-26-31(6)14-18-35(40-19-20-41-35)30(4,5)25(31)11-12-32(26,34)7/h9,24-26H,8,10-22H2,1-7H3,(H,37,38)/t24?,25?,26?,31-,32?,33-,34-/m0/s1. The Bertz CT molecular complexity index is 1130. The van der Waals surface area contributed by atoms with E-state index in [4.69, 9.17) is 14.2 Å². The summed E-state index contributed by atoms with van der Waals surface area (Å²) in [5, 5.41) is 10.7.